The molecule has 0 aromatic heterocycles. The molecule has 2 rings (SSSR count). The number of rotatable bonds is 9. The van der Waals surface area contributed by atoms with E-state index in [0.717, 1.165) is 38.8 Å². The fourth-order valence-corrected chi connectivity index (χ4v) is 3.86. The molecule has 154 valence electrons. The van der Waals surface area contributed by atoms with E-state index in [4.69, 9.17) is 0 Å². The van der Waals surface area contributed by atoms with Gasteiger partial charge >= 0.3 is 0 Å². The monoisotopic (exact) mass is 379 g/mol. The highest BCUT2D eigenvalue weighted by Gasteiger charge is 2.37. The van der Waals surface area contributed by atoms with Crippen LogP contribution in [0.4, 0.5) is 0 Å². The molecule has 0 spiro atoms. The van der Waals surface area contributed by atoms with Crippen molar-refractivity contribution in [2.24, 2.45) is 11.8 Å². The molecule has 27 heavy (non-hydrogen) atoms. The molecule has 0 aliphatic carbocycles. The Bertz CT molecular complexity index is 529. The standard InChI is InChI=1S/C21H37N3O3/c1-15(2)8-5-10-19(25)24-13-6-9-18(24)20(26)22-17(14-16(3)4)21(27)23-11-7-12-23/h15-18H,5-14H2,1-4H3,(H,22,26)/t17-,18?/m0/s1. The first-order valence-corrected chi connectivity index (χ1v) is 10.7. The molecule has 3 amide bonds. The first kappa shape index (κ1) is 21.7. The molecular weight excluding hydrogens is 342 g/mol. The summed E-state index contributed by atoms with van der Waals surface area (Å²) < 4.78 is 0. The van der Waals surface area contributed by atoms with Crippen LogP contribution >= 0.6 is 0 Å². The van der Waals surface area contributed by atoms with Crippen LogP contribution in [0.25, 0.3) is 0 Å². The van der Waals surface area contributed by atoms with Gasteiger partial charge in [-0.3, -0.25) is 14.4 Å². The predicted octanol–water partition coefficient (Wildman–Crippen LogP) is 2.57. The Labute approximate surface area is 164 Å². The average Bonchev–Trinajstić information content (AvgIpc) is 3.01. The summed E-state index contributed by atoms with van der Waals surface area (Å²) in [5.74, 6) is 0.834. The van der Waals surface area contributed by atoms with E-state index in [2.05, 4.69) is 33.0 Å². The van der Waals surface area contributed by atoms with Gasteiger partial charge < -0.3 is 15.1 Å². The molecule has 0 aromatic carbocycles. The molecule has 2 heterocycles. The minimum Gasteiger partial charge on any atom is -0.342 e. The van der Waals surface area contributed by atoms with Crippen molar-refractivity contribution in [2.45, 2.75) is 84.7 Å². The van der Waals surface area contributed by atoms with E-state index in [-0.39, 0.29) is 17.7 Å². The fraction of sp³-hybridized carbons (Fsp3) is 0.857. The summed E-state index contributed by atoms with van der Waals surface area (Å²) in [6, 6.07) is -0.897. The topological polar surface area (TPSA) is 69.7 Å². The summed E-state index contributed by atoms with van der Waals surface area (Å²) in [5, 5.41) is 2.97. The van der Waals surface area contributed by atoms with Crippen LogP contribution < -0.4 is 5.32 Å². The Morgan fingerprint density at radius 1 is 1.00 bits per heavy atom. The van der Waals surface area contributed by atoms with Crippen LogP contribution in [0, 0.1) is 11.8 Å². The smallest absolute Gasteiger partial charge is 0.245 e. The zero-order chi connectivity index (χ0) is 20.0. The highest BCUT2D eigenvalue weighted by Crippen LogP contribution is 2.21. The van der Waals surface area contributed by atoms with Crippen LogP contribution in [0.5, 0.6) is 0 Å². The number of nitrogens with zero attached hydrogens (tertiary/aromatic N) is 2. The summed E-state index contributed by atoms with van der Waals surface area (Å²) in [6.07, 6.45) is 5.61. The van der Waals surface area contributed by atoms with Crippen LogP contribution in [-0.2, 0) is 14.4 Å². The SMILES string of the molecule is CC(C)CCCC(=O)N1CCCC1C(=O)N[C@@H](CC(C)C)C(=O)N1CCC1. The first-order valence-electron chi connectivity index (χ1n) is 10.7. The van der Waals surface area contributed by atoms with Crippen molar-refractivity contribution < 1.29 is 14.4 Å². The quantitative estimate of drug-likeness (QED) is 0.669. The van der Waals surface area contributed by atoms with Gasteiger partial charge in [0.05, 0.1) is 0 Å². The third-order valence-electron chi connectivity index (χ3n) is 5.54. The van der Waals surface area contributed by atoms with Crippen LogP contribution in [0.2, 0.25) is 0 Å². The van der Waals surface area contributed by atoms with Gasteiger partial charge in [-0.1, -0.05) is 34.1 Å². The van der Waals surface area contributed by atoms with Crippen molar-refractivity contribution >= 4 is 17.7 Å². The number of hydrogen-bond donors (Lipinski definition) is 1. The fourth-order valence-electron chi connectivity index (χ4n) is 3.86. The number of nitrogens with one attached hydrogen (secondary N) is 1. The number of hydrogen-bond acceptors (Lipinski definition) is 3. The third kappa shape index (κ3) is 6.22. The van der Waals surface area contributed by atoms with Crippen LogP contribution in [0.15, 0.2) is 0 Å². The molecule has 6 heteroatoms. The average molecular weight is 380 g/mol. The maximum Gasteiger partial charge on any atom is 0.245 e. The van der Waals surface area contributed by atoms with Crippen molar-refractivity contribution in [1.82, 2.24) is 15.1 Å². The summed E-state index contributed by atoms with van der Waals surface area (Å²) in [5.41, 5.74) is 0. The molecule has 0 bridgehead atoms. The van der Waals surface area contributed by atoms with E-state index < -0.39 is 12.1 Å². The van der Waals surface area contributed by atoms with Gasteiger partial charge in [0.2, 0.25) is 17.7 Å². The van der Waals surface area contributed by atoms with Gasteiger partial charge in [-0.2, -0.15) is 0 Å². The maximum absolute atomic E-state index is 12.9. The molecule has 0 radical (unpaired) electrons. The summed E-state index contributed by atoms with van der Waals surface area (Å²) in [6.45, 7) is 10.6. The second kappa shape index (κ2) is 10.1. The van der Waals surface area contributed by atoms with E-state index in [1.165, 1.54) is 0 Å². The number of carbonyl (C=O) groups is 3. The zero-order valence-corrected chi connectivity index (χ0v) is 17.5. The lowest BCUT2D eigenvalue weighted by atomic mass is 10.0. The maximum atomic E-state index is 12.9. The lowest BCUT2D eigenvalue weighted by molar-refractivity contribution is -0.142. The van der Waals surface area contributed by atoms with E-state index in [1.807, 2.05) is 4.90 Å². The summed E-state index contributed by atoms with van der Waals surface area (Å²) in [4.78, 5) is 41.7. The van der Waals surface area contributed by atoms with Gasteiger partial charge in [0.15, 0.2) is 0 Å². The van der Waals surface area contributed by atoms with Gasteiger partial charge in [0, 0.05) is 26.1 Å². The Morgan fingerprint density at radius 2 is 1.70 bits per heavy atom. The van der Waals surface area contributed by atoms with Crippen molar-refractivity contribution in [3.63, 3.8) is 0 Å². The highest BCUT2D eigenvalue weighted by molar-refractivity contribution is 5.92. The molecule has 2 aliphatic rings. The number of amides is 3. The molecule has 0 saturated carbocycles. The van der Waals surface area contributed by atoms with E-state index in [1.54, 1.807) is 4.90 Å². The second-order valence-electron chi connectivity index (χ2n) is 8.90. The van der Waals surface area contributed by atoms with E-state index >= 15 is 0 Å². The Balaban J connectivity index is 1.94. The lowest BCUT2D eigenvalue weighted by Gasteiger charge is -2.35. The molecule has 1 unspecified atom stereocenters. The predicted molar refractivity (Wildman–Crippen MR) is 106 cm³/mol. The van der Waals surface area contributed by atoms with Gasteiger partial charge in [0.1, 0.15) is 12.1 Å². The van der Waals surface area contributed by atoms with Crippen LogP contribution in [0.3, 0.4) is 0 Å². The molecule has 2 atom stereocenters. The number of likely N-dealkylation sites (tertiary alicyclic amines) is 2. The minimum atomic E-state index is -0.476. The summed E-state index contributed by atoms with van der Waals surface area (Å²) >= 11 is 0. The van der Waals surface area contributed by atoms with Gasteiger partial charge in [-0.15, -0.1) is 0 Å². The Kier molecular flexibility index (Phi) is 8.11. The van der Waals surface area contributed by atoms with Gasteiger partial charge in [-0.05, 0) is 43.9 Å². The third-order valence-corrected chi connectivity index (χ3v) is 5.54. The van der Waals surface area contributed by atoms with Crippen LogP contribution in [0.1, 0.15) is 72.6 Å². The van der Waals surface area contributed by atoms with Gasteiger partial charge in [0.25, 0.3) is 0 Å². The Morgan fingerprint density at radius 3 is 2.26 bits per heavy atom. The molecule has 1 N–H and O–H groups in total. The molecule has 2 saturated heterocycles. The molecule has 2 aliphatic heterocycles. The lowest BCUT2D eigenvalue weighted by Crippen LogP contribution is -2.56. The molecule has 2 fully saturated rings. The van der Waals surface area contributed by atoms with Crippen molar-refractivity contribution in [3.8, 4) is 0 Å². The molecular formula is C21H37N3O3. The van der Waals surface area contributed by atoms with E-state index in [9.17, 15) is 14.4 Å². The second-order valence-corrected chi connectivity index (χ2v) is 8.90. The van der Waals surface area contributed by atoms with Crippen molar-refractivity contribution in [3.05, 3.63) is 0 Å². The van der Waals surface area contributed by atoms with Gasteiger partial charge in [-0.25, -0.2) is 0 Å². The highest BCUT2D eigenvalue weighted by atomic mass is 16.2. The van der Waals surface area contributed by atoms with Crippen LogP contribution in [-0.4, -0.2) is 59.2 Å². The number of carbonyl (C=O) groups excluding carboxylic acids is 3. The molecule has 6 nitrogen and oxygen atoms in total. The Hall–Kier alpha value is -1.59. The zero-order valence-electron chi connectivity index (χ0n) is 17.5. The summed E-state index contributed by atoms with van der Waals surface area (Å²) in [7, 11) is 0. The van der Waals surface area contributed by atoms with Crippen molar-refractivity contribution in [1.29, 1.82) is 0 Å². The normalized spacial score (nSPS) is 20.7. The first-order chi connectivity index (χ1) is 12.8. The minimum absolute atomic E-state index is 0.0242. The largest absolute Gasteiger partial charge is 0.342 e. The van der Waals surface area contributed by atoms with E-state index in [0.29, 0.717) is 37.6 Å². The molecule has 0 aromatic rings. The van der Waals surface area contributed by atoms with Crippen molar-refractivity contribution in [2.75, 3.05) is 19.6 Å².